The molecule has 1 aliphatic carbocycles. The summed E-state index contributed by atoms with van der Waals surface area (Å²) in [6.45, 7) is 3.36. The van der Waals surface area contributed by atoms with Crippen molar-refractivity contribution in [1.29, 1.82) is 0 Å². The molecule has 3 N–H and O–H groups in total. The molecule has 1 aromatic rings. The summed E-state index contributed by atoms with van der Waals surface area (Å²) in [5.74, 6) is 1.39. The van der Waals surface area contributed by atoms with Crippen LogP contribution in [0.15, 0.2) is 29.3 Å². The monoisotopic (exact) mass is 308 g/mol. The fourth-order valence-corrected chi connectivity index (χ4v) is 2.08. The highest BCUT2D eigenvalue weighted by atomic mass is 35.5. The average Bonchev–Trinajstić information content (AvgIpc) is 3.18. The highest BCUT2D eigenvalue weighted by molar-refractivity contribution is 6.30. The first-order chi connectivity index (χ1) is 10.1. The summed E-state index contributed by atoms with van der Waals surface area (Å²) in [7, 11) is 1.74. The van der Waals surface area contributed by atoms with Gasteiger partial charge in [0.25, 0.3) is 5.91 Å². The molecule has 0 aromatic heterocycles. The Labute approximate surface area is 130 Å². The topological polar surface area (TPSA) is 65.5 Å². The molecule has 2 atom stereocenters. The molecule has 0 saturated heterocycles. The van der Waals surface area contributed by atoms with Crippen LogP contribution in [0.4, 0.5) is 0 Å². The number of carbonyl (C=O) groups is 1. The molecule has 0 radical (unpaired) electrons. The first-order valence-electron chi connectivity index (χ1n) is 7.11. The number of hydrogen-bond acceptors (Lipinski definition) is 2. The van der Waals surface area contributed by atoms with Crippen LogP contribution in [-0.4, -0.2) is 38.0 Å². The van der Waals surface area contributed by atoms with Gasteiger partial charge in [0.05, 0.1) is 0 Å². The van der Waals surface area contributed by atoms with Gasteiger partial charge in [-0.25, -0.2) is 0 Å². The molecule has 0 spiro atoms. The van der Waals surface area contributed by atoms with E-state index in [1.807, 2.05) is 0 Å². The highest BCUT2D eigenvalue weighted by Gasteiger charge is 2.33. The van der Waals surface area contributed by atoms with E-state index in [2.05, 4.69) is 27.9 Å². The van der Waals surface area contributed by atoms with E-state index in [0.717, 1.165) is 5.96 Å². The summed E-state index contributed by atoms with van der Waals surface area (Å²) >= 11 is 5.79. The molecule has 1 amide bonds. The van der Waals surface area contributed by atoms with E-state index < -0.39 is 0 Å². The van der Waals surface area contributed by atoms with Gasteiger partial charge in [0.15, 0.2) is 5.96 Å². The number of guanidine groups is 1. The van der Waals surface area contributed by atoms with E-state index in [-0.39, 0.29) is 5.91 Å². The first-order valence-corrected chi connectivity index (χ1v) is 7.49. The molecule has 1 aromatic carbocycles. The number of benzene rings is 1. The zero-order chi connectivity index (χ0) is 15.2. The minimum absolute atomic E-state index is 0.104. The summed E-state index contributed by atoms with van der Waals surface area (Å²) in [6, 6.07) is 7.36. The van der Waals surface area contributed by atoms with Gasteiger partial charge < -0.3 is 16.0 Å². The van der Waals surface area contributed by atoms with Crippen molar-refractivity contribution in [3.8, 4) is 0 Å². The Kier molecular flexibility index (Phi) is 5.44. The Morgan fingerprint density at radius 1 is 1.29 bits per heavy atom. The molecular formula is C15H21ClN4O. The second kappa shape index (κ2) is 7.31. The zero-order valence-corrected chi connectivity index (χ0v) is 13.1. The summed E-state index contributed by atoms with van der Waals surface area (Å²) in [5, 5.41) is 9.98. The van der Waals surface area contributed by atoms with Crippen LogP contribution in [0.2, 0.25) is 5.02 Å². The number of nitrogens with one attached hydrogen (secondary N) is 3. The maximum Gasteiger partial charge on any atom is 0.251 e. The molecule has 1 aliphatic rings. The maximum absolute atomic E-state index is 11.9. The molecule has 2 unspecified atom stereocenters. The lowest BCUT2D eigenvalue weighted by Crippen LogP contribution is -2.42. The fourth-order valence-electron chi connectivity index (χ4n) is 1.95. The van der Waals surface area contributed by atoms with Crippen LogP contribution < -0.4 is 16.0 Å². The SMILES string of the molecule is CN=C(NCCNC(=O)c1ccc(Cl)cc1)NC1CC1C. The van der Waals surface area contributed by atoms with Crippen molar-refractivity contribution in [3.05, 3.63) is 34.9 Å². The third kappa shape index (κ3) is 4.93. The van der Waals surface area contributed by atoms with Crippen LogP contribution in [0, 0.1) is 5.92 Å². The normalized spacial score (nSPS) is 20.8. The molecular weight excluding hydrogens is 288 g/mol. The Balaban J connectivity index is 1.66. The van der Waals surface area contributed by atoms with Crippen molar-refractivity contribution in [2.45, 2.75) is 19.4 Å². The van der Waals surface area contributed by atoms with E-state index in [0.29, 0.717) is 35.6 Å². The minimum atomic E-state index is -0.104. The Bertz CT molecular complexity index is 515. The lowest BCUT2D eigenvalue weighted by molar-refractivity contribution is 0.0954. The predicted octanol–water partition coefficient (Wildman–Crippen LogP) is 1.64. The van der Waals surface area contributed by atoms with Crippen LogP contribution in [0.5, 0.6) is 0 Å². The standard InChI is InChI=1S/C15H21ClN4O/c1-10-9-13(10)20-15(17-2)19-8-7-18-14(21)11-3-5-12(16)6-4-11/h3-6,10,13H,7-9H2,1-2H3,(H,18,21)(H2,17,19,20). The molecule has 0 aliphatic heterocycles. The number of nitrogens with zero attached hydrogens (tertiary/aromatic N) is 1. The van der Waals surface area contributed by atoms with E-state index in [4.69, 9.17) is 11.6 Å². The average molecular weight is 309 g/mol. The van der Waals surface area contributed by atoms with Crippen LogP contribution in [0.3, 0.4) is 0 Å². The van der Waals surface area contributed by atoms with Crippen LogP contribution in [0.1, 0.15) is 23.7 Å². The lowest BCUT2D eigenvalue weighted by atomic mass is 10.2. The van der Waals surface area contributed by atoms with Crippen molar-refractivity contribution in [3.63, 3.8) is 0 Å². The Hall–Kier alpha value is -1.75. The third-order valence-electron chi connectivity index (χ3n) is 3.46. The second-order valence-corrected chi connectivity index (χ2v) is 5.66. The minimum Gasteiger partial charge on any atom is -0.355 e. The number of aliphatic imine (C=N–C) groups is 1. The number of amides is 1. The smallest absolute Gasteiger partial charge is 0.251 e. The van der Waals surface area contributed by atoms with E-state index in [9.17, 15) is 4.79 Å². The number of rotatable bonds is 5. The Morgan fingerprint density at radius 3 is 2.48 bits per heavy atom. The van der Waals surface area contributed by atoms with Crippen molar-refractivity contribution in [1.82, 2.24) is 16.0 Å². The zero-order valence-electron chi connectivity index (χ0n) is 12.3. The Morgan fingerprint density at radius 2 is 1.90 bits per heavy atom. The van der Waals surface area contributed by atoms with Crippen LogP contribution >= 0.6 is 11.6 Å². The quantitative estimate of drug-likeness (QED) is 0.440. The van der Waals surface area contributed by atoms with E-state index in [1.165, 1.54) is 6.42 Å². The summed E-state index contributed by atoms with van der Waals surface area (Å²) < 4.78 is 0. The number of hydrogen-bond donors (Lipinski definition) is 3. The van der Waals surface area contributed by atoms with Crippen molar-refractivity contribution < 1.29 is 4.79 Å². The number of carbonyl (C=O) groups excluding carboxylic acids is 1. The fraction of sp³-hybridized carbons (Fsp3) is 0.467. The van der Waals surface area contributed by atoms with E-state index in [1.54, 1.807) is 31.3 Å². The summed E-state index contributed by atoms with van der Waals surface area (Å²) in [6.07, 6.45) is 1.19. The number of halogens is 1. The van der Waals surface area contributed by atoms with Gasteiger partial charge in [0.2, 0.25) is 0 Å². The van der Waals surface area contributed by atoms with Crippen molar-refractivity contribution in [2.24, 2.45) is 10.9 Å². The van der Waals surface area contributed by atoms with Crippen LogP contribution in [0.25, 0.3) is 0 Å². The molecule has 5 nitrogen and oxygen atoms in total. The van der Waals surface area contributed by atoms with Gasteiger partial charge in [-0.1, -0.05) is 18.5 Å². The largest absolute Gasteiger partial charge is 0.355 e. The van der Waals surface area contributed by atoms with Gasteiger partial charge in [0, 0.05) is 36.8 Å². The summed E-state index contributed by atoms with van der Waals surface area (Å²) in [4.78, 5) is 16.0. The lowest BCUT2D eigenvalue weighted by Gasteiger charge is -2.12. The van der Waals surface area contributed by atoms with Crippen molar-refractivity contribution in [2.75, 3.05) is 20.1 Å². The van der Waals surface area contributed by atoms with Gasteiger partial charge in [-0.2, -0.15) is 0 Å². The van der Waals surface area contributed by atoms with Gasteiger partial charge in [-0.05, 0) is 36.6 Å². The second-order valence-electron chi connectivity index (χ2n) is 5.23. The maximum atomic E-state index is 11.9. The molecule has 1 fully saturated rings. The van der Waals surface area contributed by atoms with Gasteiger partial charge in [-0.15, -0.1) is 0 Å². The van der Waals surface area contributed by atoms with Crippen LogP contribution in [-0.2, 0) is 0 Å². The highest BCUT2D eigenvalue weighted by Crippen LogP contribution is 2.28. The first kappa shape index (κ1) is 15.6. The van der Waals surface area contributed by atoms with Gasteiger partial charge in [-0.3, -0.25) is 9.79 Å². The van der Waals surface area contributed by atoms with Crippen molar-refractivity contribution >= 4 is 23.5 Å². The molecule has 0 heterocycles. The molecule has 21 heavy (non-hydrogen) atoms. The molecule has 6 heteroatoms. The van der Waals surface area contributed by atoms with Gasteiger partial charge in [0.1, 0.15) is 0 Å². The van der Waals surface area contributed by atoms with E-state index >= 15 is 0 Å². The molecule has 2 rings (SSSR count). The van der Waals surface area contributed by atoms with Gasteiger partial charge >= 0.3 is 0 Å². The third-order valence-corrected chi connectivity index (χ3v) is 3.72. The molecule has 0 bridgehead atoms. The molecule has 114 valence electrons. The summed E-state index contributed by atoms with van der Waals surface area (Å²) in [5.41, 5.74) is 0.605. The predicted molar refractivity (Wildman–Crippen MR) is 85.9 cm³/mol. The molecule has 1 saturated carbocycles.